The topological polar surface area (TPSA) is 221 Å². The van der Waals surface area contributed by atoms with Crippen molar-refractivity contribution in [1.82, 2.24) is 31.2 Å². The van der Waals surface area contributed by atoms with Gasteiger partial charge in [-0.2, -0.15) is 0 Å². The Labute approximate surface area is 368 Å². The molecule has 1 aromatic heterocycles. The number of alkyl carbamates (subject to hydrolysis) is 1. The third-order valence-electron chi connectivity index (χ3n) is 10.4. The number of aliphatic carboxylic acids is 1. The minimum atomic E-state index is -1.01. The van der Waals surface area contributed by atoms with Crippen molar-refractivity contribution in [1.29, 1.82) is 0 Å². The van der Waals surface area contributed by atoms with Crippen LogP contribution in [0.2, 0.25) is 0 Å². The van der Waals surface area contributed by atoms with E-state index in [9.17, 15) is 33.9 Å². The van der Waals surface area contributed by atoms with Crippen molar-refractivity contribution in [3.63, 3.8) is 0 Å². The van der Waals surface area contributed by atoms with E-state index in [-0.39, 0.29) is 31.3 Å². The molecule has 1 aliphatic heterocycles. The zero-order valence-electron chi connectivity index (χ0n) is 34.9. The first kappa shape index (κ1) is 45.7. The molecule has 2 aliphatic rings. The summed E-state index contributed by atoms with van der Waals surface area (Å²) >= 11 is 2.67. The molecule has 6 N–H and O–H groups in total. The number of thiazole rings is 1. The highest BCUT2D eigenvalue weighted by Gasteiger charge is 2.31. The second-order valence-electron chi connectivity index (χ2n) is 15.4. The van der Waals surface area contributed by atoms with E-state index in [1.807, 2.05) is 67.5 Å². The second kappa shape index (κ2) is 21.8. The lowest BCUT2D eigenvalue weighted by molar-refractivity contribution is -0.137. The molecule has 328 valence electrons. The van der Waals surface area contributed by atoms with Gasteiger partial charge in [0.1, 0.15) is 35.3 Å². The maximum Gasteiger partial charge on any atom is 0.407 e. The van der Waals surface area contributed by atoms with Crippen LogP contribution in [0.25, 0.3) is 21.3 Å². The average Bonchev–Trinajstić information content (AvgIpc) is 3.99. The normalized spacial score (nSPS) is 15.2. The highest BCUT2D eigenvalue weighted by molar-refractivity contribution is 8.15. The highest BCUT2D eigenvalue weighted by Crippen LogP contribution is 2.44. The Morgan fingerprint density at radius 3 is 2.19 bits per heavy atom. The predicted molar refractivity (Wildman–Crippen MR) is 241 cm³/mol. The van der Waals surface area contributed by atoms with Gasteiger partial charge in [0.25, 0.3) is 0 Å². The van der Waals surface area contributed by atoms with E-state index in [0.29, 0.717) is 52.8 Å². The van der Waals surface area contributed by atoms with Crippen molar-refractivity contribution in [2.75, 3.05) is 51.4 Å². The molecular formula is C44H52N8O8S2. The number of nitrogens with one attached hydrogen (secondary N) is 5. The maximum atomic E-state index is 14.0. The Kier molecular flexibility index (Phi) is 16.1. The van der Waals surface area contributed by atoms with Gasteiger partial charge in [0.15, 0.2) is 6.04 Å². The summed E-state index contributed by atoms with van der Waals surface area (Å²) in [5.74, 6) is -2.60. The molecule has 62 heavy (non-hydrogen) atoms. The minimum Gasteiger partial charge on any atom is -0.480 e. The van der Waals surface area contributed by atoms with Crippen LogP contribution in [0.1, 0.15) is 67.5 Å². The van der Waals surface area contributed by atoms with Crippen LogP contribution in [0.15, 0.2) is 71.7 Å². The van der Waals surface area contributed by atoms with Crippen LogP contribution < -0.4 is 26.6 Å². The summed E-state index contributed by atoms with van der Waals surface area (Å²) in [6, 6.07) is 18.3. The maximum absolute atomic E-state index is 14.0. The van der Waals surface area contributed by atoms with Gasteiger partial charge in [-0.15, -0.1) is 23.1 Å². The monoisotopic (exact) mass is 884 g/mol. The molecule has 3 aromatic carbocycles. The molecular weight excluding hydrogens is 833 g/mol. The molecule has 0 fully saturated rings. The number of aliphatic imine (C=N–C) groups is 1. The fraction of sp³-hybridized carbons (Fsp3) is 0.409. The lowest BCUT2D eigenvalue weighted by Gasteiger charge is -2.24. The van der Waals surface area contributed by atoms with Crippen molar-refractivity contribution >= 4 is 79.7 Å². The summed E-state index contributed by atoms with van der Waals surface area (Å²) in [5.41, 5.74) is 5.43. The van der Waals surface area contributed by atoms with Gasteiger partial charge in [0.05, 0.1) is 10.2 Å². The molecule has 4 aromatic rings. The quantitative estimate of drug-likeness (QED) is 0.0629. The molecule has 1 aliphatic carbocycles. The van der Waals surface area contributed by atoms with Crippen LogP contribution in [0.4, 0.5) is 10.5 Å². The Morgan fingerprint density at radius 1 is 0.855 bits per heavy atom. The van der Waals surface area contributed by atoms with E-state index < -0.39 is 54.5 Å². The number of carbonyl (C=O) groups excluding carboxylic acids is 5. The van der Waals surface area contributed by atoms with Crippen molar-refractivity contribution in [3.05, 3.63) is 82.9 Å². The number of ether oxygens (including phenoxy) is 1. The Bertz CT molecular complexity index is 2270. The molecule has 0 saturated heterocycles. The van der Waals surface area contributed by atoms with Crippen LogP contribution in [-0.2, 0) is 28.7 Å². The Morgan fingerprint density at radius 2 is 1.53 bits per heavy atom. The molecule has 18 heteroatoms. The SMILES string of the molecule is CC(=O)NCCCC[C@H](NC(=O)[C@H](CCCCN(C)C)NC(=O)CNC(=O)OCC1c2ccccc2-c2ccccc21)C(=O)Nc1ccc2nc(C3=N[C@@H](C(=O)O)CS3)sc2c1. The van der Waals surface area contributed by atoms with E-state index in [2.05, 4.69) is 36.6 Å². The third kappa shape index (κ3) is 12.4. The molecule has 5 amide bonds. The van der Waals surface area contributed by atoms with Crippen LogP contribution in [0, 0.1) is 0 Å². The Balaban J connectivity index is 1.08. The zero-order valence-corrected chi connectivity index (χ0v) is 36.5. The lowest BCUT2D eigenvalue weighted by atomic mass is 9.98. The van der Waals surface area contributed by atoms with E-state index in [4.69, 9.17) is 4.74 Å². The predicted octanol–water partition coefficient (Wildman–Crippen LogP) is 4.73. The number of anilines is 1. The molecule has 0 radical (unpaired) electrons. The molecule has 0 unspecified atom stereocenters. The van der Waals surface area contributed by atoms with Crippen molar-refractivity contribution in [2.24, 2.45) is 4.99 Å². The smallest absolute Gasteiger partial charge is 0.407 e. The van der Waals surface area contributed by atoms with Gasteiger partial charge in [-0.3, -0.25) is 24.2 Å². The van der Waals surface area contributed by atoms with Crippen LogP contribution in [0.5, 0.6) is 0 Å². The average molecular weight is 885 g/mol. The van der Waals surface area contributed by atoms with Crippen LogP contribution in [-0.4, -0.2) is 120 Å². The molecule has 3 atom stereocenters. The summed E-state index contributed by atoms with van der Waals surface area (Å²) in [5, 5.41) is 24.3. The summed E-state index contributed by atoms with van der Waals surface area (Å²) in [4.78, 5) is 87.7. The van der Waals surface area contributed by atoms with Gasteiger partial charge in [-0.25, -0.2) is 14.6 Å². The number of aromatic nitrogens is 1. The lowest BCUT2D eigenvalue weighted by Crippen LogP contribution is -2.54. The summed E-state index contributed by atoms with van der Waals surface area (Å²) in [6.45, 7) is 2.24. The summed E-state index contributed by atoms with van der Waals surface area (Å²) < 4.78 is 6.34. The molecule has 0 spiro atoms. The van der Waals surface area contributed by atoms with Gasteiger partial charge in [-0.05, 0) is 99.6 Å². The highest BCUT2D eigenvalue weighted by atomic mass is 32.2. The standard InChI is InChI=1S/C44H52N8O8S2/c1-26(53)45-20-10-8-16-35(39(55)47-27-18-19-33-37(22-27)62-42(50-33)41-51-36(25-61-41)43(57)58)49-40(56)34(17-9-11-21-52(2)3)48-38(54)23-46-44(59)60-24-32-30-14-6-4-12-28(30)29-13-5-7-15-31(29)32/h4-7,12-15,18-19,22,32,34-36H,8-11,16-17,20-21,23-25H2,1-3H3,(H,45,53)(H,46,59)(H,47,55)(H,48,54)(H,49,56)(H,57,58)/t34-,35-,36+/m0/s1. The van der Waals surface area contributed by atoms with Crippen LogP contribution >= 0.6 is 23.1 Å². The van der Waals surface area contributed by atoms with E-state index in [1.54, 1.807) is 18.2 Å². The Hall–Kier alpha value is -5.85. The zero-order chi connectivity index (χ0) is 44.2. The van der Waals surface area contributed by atoms with E-state index >= 15 is 0 Å². The van der Waals surface area contributed by atoms with Gasteiger partial charge < -0.3 is 41.3 Å². The minimum absolute atomic E-state index is 0.0790. The number of benzene rings is 3. The number of amides is 5. The molecule has 16 nitrogen and oxygen atoms in total. The number of unbranched alkanes of at least 4 members (excludes halogenated alkanes) is 2. The van der Waals surface area contributed by atoms with E-state index in [0.717, 1.165) is 39.9 Å². The van der Waals surface area contributed by atoms with Gasteiger partial charge in [-0.1, -0.05) is 48.5 Å². The number of carboxylic acids is 1. The second-order valence-corrected chi connectivity index (χ2v) is 17.5. The number of carbonyl (C=O) groups is 6. The summed E-state index contributed by atoms with van der Waals surface area (Å²) in [6.07, 6.45) is 2.18. The van der Waals surface area contributed by atoms with E-state index in [1.165, 1.54) is 30.0 Å². The number of carboxylic acid groups (broad SMARTS) is 1. The van der Waals surface area contributed by atoms with Gasteiger partial charge in [0, 0.05) is 30.8 Å². The fourth-order valence-corrected chi connectivity index (χ4v) is 9.41. The number of rotatable bonds is 21. The fourth-order valence-electron chi connectivity index (χ4n) is 7.31. The molecule has 2 heterocycles. The number of hydrogen-bond acceptors (Lipinski definition) is 12. The summed E-state index contributed by atoms with van der Waals surface area (Å²) in [7, 11) is 3.89. The van der Waals surface area contributed by atoms with Gasteiger partial charge >= 0.3 is 12.1 Å². The largest absolute Gasteiger partial charge is 0.480 e. The first-order valence-corrected chi connectivity index (χ1v) is 22.4. The number of fused-ring (bicyclic) bond motifs is 4. The first-order chi connectivity index (χ1) is 29.9. The molecule has 0 saturated carbocycles. The number of thioether (sulfide) groups is 1. The van der Waals surface area contributed by atoms with Crippen molar-refractivity contribution < 1.29 is 38.6 Å². The number of hydrogen-bond donors (Lipinski definition) is 6. The molecule has 6 rings (SSSR count). The van der Waals surface area contributed by atoms with Gasteiger partial charge in [0.2, 0.25) is 23.6 Å². The van der Waals surface area contributed by atoms with Crippen molar-refractivity contribution in [3.8, 4) is 11.1 Å². The van der Waals surface area contributed by atoms with Crippen LogP contribution in [0.3, 0.4) is 0 Å². The number of nitrogens with zero attached hydrogens (tertiary/aromatic N) is 3. The first-order valence-electron chi connectivity index (χ1n) is 20.6. The van der Waals surface area contributed by atoms with Crippen molar-refractivity contribution in [2.45, 2.75) is 69.5 Å². The third-order valence-corrected chi connectivity index (χ3v) is 12.6. The molecule has 0 bridgehead atoms.